The summed E-state index contributed by atoms with van der Waals surface area (Å²) in [6, 6.07) is 0. The Morgan fingerprint density at radius 2 is 2.20 bits per heavy atom. The van der Waals surface area contributed by atoms with E-state index in [2.05, 4.69) is 4.52 Å². The van der Waals surface area contributed by atoms with Gasteiger partial charge in [-0.3, -0.25) is 0 Å². The molecule has 0 aliphatic rings. The minimum absolute atomic E-state index is 0.222. The molecule has 0 heterocycles. The van der Waals surface area contributed by atoms with E-state index in [9.17, 15) is 4.79 Å². The van der Waals surface area contributed by atoms with Gasteiger partial charge in [-0.2, -0.15) is 0 Å². The highest BCUT2D eigenvalue weighted by Crippen LogP contribution is 2.04. The molecule has 0 spiro atoms. The van der Waals surface area contributed by atoms with Crippen LogP contribution >= 0.6 is 8.81 Å². The molecule has 0 aromatic carbocycles. The van der Waals surface area contributed by atoms with Gasteiger partial charge >= 0.3 is 5.97 Å². The molecule has 0 fully saturated rings. The van der Waals surface area contributed by atoms with Gasteiger partial charge in [0.2, 0.25) is 0 Å². The zero-order chi connectivity index (χ0) is 7.98. The number of hydrogen-bond acceptors (Lipinski definition) is 3. The van der Waals surface area contributed by atoms with E-state index >= 15 is 0 Å². The molecule has 0 saturated heterocycles. The molecule has 0 rings (SSSR count). The van der Waals surface area contributed by atoms with Gasteiger partial charge in [-0.1, -0.05) is 0 Å². The SMILES string of the molecule is CPOC(=O)/C=C/N(C)C. The Hall–Kier alpha value is -0.560. The molecule has 0 aliphatic carbocycles. The molecule has 0 aromatic rings. The van der Waals surface area contributed by atoms with Crippen LogP contribution < -0.4 is 0 Å². The van der Waals surface area contributed by atoms with Gasteiger partial charge in [0.25, 0.3) is 0 Å². The quantitative estimate of drug-likeness (QED) is 0.453. The summed E-state index contributed by atoms with van der Waals surface area (Å²) in [6.45, 7) is 1.81. The van der Waals surface area contributed by atoms with E-state index in [4.69, 9.17) is 0 Å². The Morgan fingerprint density at radius 3 is 2.60 bits per heavy atom. The molecule has 4 heteroatoms. The lowest BCUT2D eigenvalue weighted by atomic mass is 10.6. The largest absolute Gasteiger partial charge is 0.445 e. The fourth-order valence-electron chi connectivity index (χ4n) is 0.345. The van der Waals surface area contributed by atoms with Crippen molar-refractivity contribution in [3.05, 3.63) is 12.3 Å². The Labute approximate surface area is 62.9 Å². The summed E-state index contributed by atoms with van der Waals surface area (Å²) < 4.78 is 4.67. The Morgan fingerprint density at radius 1 is 1.60 bits per heavy atom. The highest BCUT2D eigenvalue weighted by Gasteiger charge is 1.91. The average Bonchev–Trinajstić information content (AvgIpc) is 1.85. The van der Waals surface area contributed by atoms with E-state index < -0.39 is 0 Å². The molecule has 0 amide bonds. The minimum Gasteiger partial charge on any atom is -0.445 e. The van der Waals surface area contributed by atoms with E-state index in [1.807, 2.05) is 14.1 Å². The third-order valence-electron chi connectivity index (χ3n) is 0.711. The van der Waals surface area contributed by atoms with Crippen LogP contribution in [0.5, 0.6) is 0 Å². The van der Waals surface area contributed by atoms with Crippen molar-refractivity contribution in [3.8, 4) is 0 Å². The standard InChI is InChI=1S/C6H12NO2P/c1-7(2)5-4-6(8)9-10-3/h4-5,10H,1-3H3/b5-4+. The Balaban J connectivity index is 3.56. The van der Waals surface area contributed by atoms with Crippen LogP contribution in [0.2, 0.25) is 0 Å². The smallest absolute Gasteiger partial charge is 0.334 e. The summed E-state index contributed by atoms with van der Waals surface area (Å²) in [5.74, 6) is -0.283. The first-order valence-corrected chi connectivity index (χ1v) is 4.30. The van der Waals surface area contributed by atoms with Crippen LogP contribution in [-0.2, 0) is 9.32 Å². The van der Waals surface area contributed by atoms with Crippen LogP contribution in [0.1, 0.15) is 0 Å². The average molecular weight is 161 g/mol. The van der Waals surface area contributed by atoms with Crippen molar-refractivity contribution in [2.24, 2.45) is 0 Å². The lowest BCUT2D eigenvalue weighted by Crippen LogP contribution is -2.02. The van der Waals surface area contributed by atoms with Gasteiger partial charge in [0, 0.05) is 26.4 Å². The van der Waals surface area contributed by atoms with Gasteiger partial charge in [0.1, 0.15) is 0 Å². The molecular weight excluding hydrogens is 149 g/mol. The second kappa shape index (κ2) is 5.24. The van der Waals surface area contributed by atoms with Gasteiger partial charge in [0.05, 0.1) is 8.81 Å². The molecule has 58 valence electrons. The third kappa shape index (κ3) is 5.57. The van der Waals surface area contributed by atoms with E-state index in [1.54, 1.807) is 17.8 Å². The first-order valence-electron chi connectivity index (χ1n) is 2.89. The summed E-state index contributed by atoms with van der Waals surface area (Å²) >= 11 is 0. The second-order valence-electron chi connectivity index (χ2n) is 1.90. The van der Waals surface area contributed by atoms with Crippen LogP contribution in [0.3, 0.4) is 0 Å². The molecule has 10 heavy (non-hydrogen) atoms. The Kier molecular flexibility index (Phi) is 4.95. The summed E-state index contributed by atoms with van der Waals surface area (Å²) in [4.78, 5) is 12.4. The number of carbonyl (C=O) groups is 1. The zero-order valence-corrected chi connectivity index (χ0v) is 7.42. The number of carbonyl (C=O) groups excluding carboxylic acids is 1. The van der Waals surface area contributed by atoms with Crippen molar-refractivity contribution in [2.75, 3.05) is 20.8 Å². The first-order chi connectivity index (χ1) is 4.66. The molecule has 0 N–H and O–H groups in total. The van der Waals surface area contributed by atoms with Crippen LogP contribution in [0.4, 0.5) is 0 Å². The maximum atomic E-state index is 10.6. The summed E-state index contributed by atoms with van der Waals surface area (Å²) in [6.07, 6.45) is 3.05. The number of hydrogen-bond donors (Lipinski definition) is 0. The maximum Gasteiger partial charge on any atom is 0.334 e. The van der Waals surface area contributed by atoms with Crippen molar-refractivity contribution in [1.29, 1.82) is 0 Å². The number of rotatable bonds is 3. The van der Waals surface area contributed by atoms with Gasteiger partial charge in [-0.15, -0.1) is 0 Å². The normalized spacial score (nSPS) is 11.1. The second-order valence-corrected chi connectivity index (χ2v) is 2.52. The van der Waals surface area contributed by atoms with Crippen LogP contribution in [0, 0.1) is 0 Å². The molecule has 1 unspecified atom stereocenters. The molecule has 0 saturated carbocycles. The van der Waals surface area contributed by atoms with Crippen molar-refractivity contribution >= 4 is 14.8 Å². The zero-order valence-electron chi connectivity index (χ0n) is 6.42. The van der Waals surface area contributed by atoms with Crippen LogP contribution in [0.15, 0.2) is 12.3 Å². The molecular formula is C6H12NO2P. The maximum absolute atomic E-state index is 10.6. The van der Waals surface area contributed by atoms with Crippen molar-refractivity contribution in [3.63, 3.8) is 0 Å². The molecule has 0 bridgehead atoms. The summed E-state index contributed by atoms with van der Waals surface area (Å²) in [5.41, 5.74) is 0. The fourth-order valence-corrected chi connectivity index (χ4v) is 0.614. The van der Waals surface area contributed by atoms with Crippen molar-refractivity contribution < 1.29 is 9.32 Å². The predicted molar refractivity (Wildman–Crippen MR) is 43.2 cm³/mol. The van der Waals surface area contributed by atoms with Gasteiger partial charge in [-0.25, -0.2) is 4.79 Å². The van der Waals surface area contributed by atoms with Crippen LogP contribution in [0.25, 0.3) is 0 Å². The monoisotopic (exact) mass is 161 g/mol. The molecule has 3 nitrogen and oxygen atoms in total. The Bertz CT molecular complexity index is 134. The van der Waals surface area contributed by atoms with Gasteiger partial charge in [0.15, 0.2) is 0 Å². The van der Waals surface area contributed by atoms with E-state index in [1.165, 1.54) is 6.08 Å². The van der Waals surface area contributed by atoms with E-state index in [-0.39, 0.29) is 14.8 Å². The summed E-state index contributed by atoms with van der Waals surface area (Å²) in [5, 5.41) is 0. The van der Waals surface area contributed by atoms with Gasteiger partial charge in [-0.05, 0) is 6.66 Å². The molecule has 1 atom stereocenters. The van der Waals surface area contributed by atoms with E-state index in [0.717, 1.165) is 0 Å². The van der Waals surface area contributed by atoms with Gasteiger partial charge < -0.3 is 9.42 Å². The topological polar surface area (TPSA) is 29.5 Å². The minimum atomic E-state index is -0.283. The fraction of sp³-hybridized carbons (Fsp3) is 0.500. The third-order valence-corrected chi connectivity index (χ3v) is 1.12. The van der Waals surface area contributed by atoms with Crippen molar-refractivity contribution in [2.45, 2.75) is 0 Å². The first kappa shape index (κ1) is 9.44. The summed E-state index contributed by atoms with van der Waals surface area (Å²) in [7, 11) is 3.91. The lowest BCUT2D eigenvalue weighted by molar-refractivity contribution is -0.128. The van der Waals surface area contributed by atoms with Crippen molar-refractivity contribution in [1.82, 2.24) is 4.90 Å². The molecule has 0 aromatic heterocycles. The molecule has 0 aliphatic heterocycles. The number of nitrogens with zero attached hydrogens (tertiary/aromatic N) is 1. The van der Waals surface area contributed by atoms with E-state index in [0.29, 0.717) is 0 Å². The molecule has 0 radical (unpaired) electrons. The van der Waals surface area contributed by atoms with Crippen LogP contribution in [-0.4, -0.2) is 31.6 Å². The highest BCUT2D eigenvalue weighted by atomic mass is 31.1. The predicted octanol–water partition coefficient (Wildman–Crippen LogP) is 0.828. The highest BCUT2D eigenvalue weighted by molar-refractivity contribution is 7.31. The lowest BCUT2D eigenvalue weighted by Gasteiger charge is -2.02.